The molecule has 1 aromatic carbocycles. The Kier molecular flexibility index (Phi) is 7.55. The molecule has 0 heterocycles. The Morgan fingerprint density at radius 2 is 2.11 bits per heavy atom. The number of carbonyl (C=O) groups excluding carboxylic acids is 1. The number of amides is 1. The van der Waals surface area contributed by atoms with Crippen LogP contribution < -0.4 is 11.1 Å². The molecule has 4 nitrogen and oxygen atoms in total. The van der Waals surface area contributed by atoms with Crippen LogP contribution in [-0.4, -0.2) is 41.7 Å². The molecular weight excluding hydrogens is 260 g/mol. The van der Waals surface area contributed by atoms with Gasteiger partial charge in [0.25, 0.3) is 0 Å². The number of hydrogen-bond acceptors (Lipinski definition) is 4. The molecule has 106 valence electrons. The van der Waals surface area contributed by atoms with Gasteiger partial charge >= 0.3 is 0 Å². The van der Waals surface area contributed by atoms with Crippen molar-refractivity contribution in [3.8, 4) is 0 Å². The van der Waals surface area contributed by atoms with Crippen LogP contribution in [0.5, 0.6) is 0 Å². The molecule has 5 heteroatoms. The minimum Gasteiger partial charge on any atom is -0.394 e. The normalized spacial score (nSPS) is 13.8. The summed E-state index contributed by atoms with van der Waals surface area (Å²) < 4.78 is 0. The van der Waals surface area contributed by atoms with Gasteiger partial charge in [0.05, 0.1) is 18.7 Å². The predicted molar refractivity (Wildman–Crippen MR) is 80.1 cm³/mol. The number of aliphatic hydroxyl groups is 1. The minimum absolute atomic E-state index is 0.0512. The zero-order valence-corrected chi connectivity index (χ0v) is 12.0. The molecule has 0 aliphatic carbocycles. The van der Waals surface area contributed by atoms with Crippen LogP contribution in [0.3, 0.4) is 0 Å². The lowest BCUT2D eigenvalue weighted by Gasteiger charge is -2.19. The number of rotatable bonds is 8. The van der Waals surface area contributed by atoms with Crippen molar-refractivity contribution < 1.29 is 9.90 Å². The Morgan fingerprint density at radius 3 is 2.68 bits per heavy atom. The second-order valence-electron chi connectivity index (χ2n) is 4.47. The lowest BCUT2D eigenvalue weighted by molar-refractivity contribution is -0.123. The highest BCUT2D eigenvalue weighted by atomic mass is 32.2. The fraction of sp³-hybridized carbons (Fsp3) is 0.500. The summed E-state index contributed by atoms with van der Waals surface area (Å²) in [6.07, 6.45) is 3.26. The van der Waals surface area contributed by atoms with Crippen LogP contribution >= 0.6 is 11.8 Å². The summed E-state index contributed by atoms with van der Waals surface area (Å²) in [7, 11) is 0. The van der Waals surface area contributed by atoms with Crippen molar-refractivity contribution in [3.05, 3.63) is 35.9 Å². The van der Waals surface area contributed by atoms with Crippen LogP contribution in [0.4, 0.5) is 0 Å². The maximum atomic E-state index is 11.9. The minimum atomic E-state index is -0.578. The quantitative estimate of drug-likeness (QED) is 0.659. The van der Waals surface area contributed by atoms with Gasteiger partial charge in [-0.25, -0.2) is 0 Å². The van der Waals surface area contributed by atoms with Gasteiger partial charge in [0.1, 0.15) is 0 Å². The second-order valence-corrected chi connectivity index (χ2v) is 5.45. The lowest BCUT2D eigenvalue weighted by atomic mass is 10.1. The van der Waals surface area contributed by atoms with E-state index in [1.165, 1.54) is 0 Å². The molecule has 0 aromatic heterocycles. The first-order chi connectivity index (χ1) is 9.17. The van der Waals surface area contributed by atoms with Gasteiger partial charge < -0.3 is 16.2 Å². The van der Waals surface area contributed by atoms with Crippen molar-refractivity contribution in [3.63, 3.8) is 0 Å². The van der Waals surface area contributed by atoms with Gasteiger partial charge in [-0.2, -0.15) is 11.8 Å². The smallest absolute Gasteiger partial charge is 0.237 e. The van der Waals surface area contributed by atoms with Gasteiger partial charge in [-0.3, -0.25) is 4.79 Å². The molecule has 1 amide bonds. The summed E-state index contributed by atoms with van der Waals surface area (Å²) in [5, 5.41) is 12.0. The van der Waals surface area contributed by atoms with E-state index < -0.39 is 6.04 Å². The Labute approximate surface area is 118 Å². The van der Waals surface area contributed by atoms with Crippen LogP contribution in [-0.2, 0) is 11.2 Å². The van der Waals surface area contributed by atoms with Crippen molar-refractivity contribution in [2.24, 2.45) is 5.73 Å². The van der Waals surface area contributed by atoms with Gasteiger partial charge in [0, 0.05) is 0 Å². The van der Waals surface area contributed by atoms with Crippen LogP contribution in [0.25, 0.3) is 0 Å². The molecule has 0 fully saturated rings. The fourth-order valence-electron chi connectivity index (χ4n) is 1.74. The van der Waals surface area contributed by atoms with Gasteiger partial charge in [-0.15, -0.1) is 0 Å². The fourth-order valence-corrected chi connectivity index (χ4v) is 2.26. The summed E-state index contributed by atoms with van der Waals surface area (Å²) in [5.41, 5.74) is 6.92. The Bertz CT molecular complexity index is 373. The molecule has 0 aliphatic heterocycles. The molecule has 0 saturated heterocycles. The van der Waals surface area contributed by atoms with Gasteiger partial charge in [0.15, 0.2) is 0 Å². The van der Waals surface area contributed by atoms with Crippen LogP contribution in [0.1, 0.15) is 12.0 Å². The molecule has 1 aromatic rings. The number of hydrogen-bond donors (Lipinski definition) is 3. The highest BCUT2D eigenvalue weighted by Gasteiger charge is 2.17. The SMILES string of the molecule is CSCC[C@@H](CO)NC(=O)[C@@H](N)Cc1ccccc1. The van der Waals surface area contributed by atoms with E-state index in [0.717, 1.165) is 17.7 Å². The van der Waals surface area contributed by atoms with E-state index >= 15 is 0 Å². The average Bonchev–Trinajstić information content (AvgIpc) is 2.44. The van der Waals surface area contributed by atoms with Gasteiger partial charge in [0.2, 0.25) is 5.91 Å². The number of benzene rings is 1. The molecule has 0 radical (unpaired) electrons. The third-order valence-corrected chi connectivity index (χ3v) is 3.52. The summed E-state index contributed by atoms with van der Waals surface area (Å²) in [5.74, 6) is 0.698. The van der Waals surface area contributed by atoms with Crippen molar-refractivity contribution in [2.75, 3.05) is 18.6 Å². The van der Waals surface area contributed by atoms with E-state index in [2.05, 4.69) is 5.32 Å². The van der Waals surface area contributed by atoms with Crippen LogP contribution in [0.15, 0.2) is 30.3 Å². The molecule has 0 bridgehead atoms. The molecule has 0 unspecified atom stereocenters. The van der Waals surface area contributed by atoms with E-state index in [1.807, 2.05) is 36.6 Å². The highest BCUT2D eigenvalue weighted by Crippen LogP contribution is 2.04. The summed E-state index contributed by atoms with van der Waals surface area (Å²) >= 11 is 1.69. The van der Waals surface area contributed by atoms with Crippen molar-refractivity contribution in [1.29, 1.82) is 0 Å². The summed E-state index contributed by atoms with van der Waals surface area (Å²) in [6, 6.07) is 8.89. The first-order valence-corrected chi connectivity index (χ1v) is 7.76. The lowest BCUT2D eigenvalue weighted by Crippen LogP contribution is -2.47. The molecular formula is C14H22N2O2S. The standard InChI is InChI=1S/C14H22N2O2S/c1-19-8-7-12(10-17)16-14(18)13(15)9-11-5-3-2-4-6-11/h2-6,12-13,17H,7-10,15H2,1H3,(H,16,18)/t12-,13-/m0/s1. The average molecular weight is 282 g/mol. The van der Waals surface area contributed by atoms with Crippen molar-refractivity contribution >= 4 is 17.7 Å². The van der Waals surface area contributed by atoms with Gasteiger partial charge in [-0.05, 0) is 30.4 Å². The van der Waals surface area contributed by atoms with E-state index in [-0.39, 0.29) is 18.6 Å². The number of nitrogens with one attached hydrogen (secondary N) is 1. The molecule has 4 N–H and O–H groups in total. The summed E-state index contributed by atoms with van der Waals surface area (Å²) in [6.45, 7) is -0.0512. The number of nitrogens with two attached hydrogens (primary N) is 1. The molecule has 0 saturated carbocycles. The maximum Gasteiger partial charge on any atom is 0.237 e. The van der Waals surface area contributed by atoms with E-state index in [9.17, 15) is 9.90 Å². The molecule has 0 spiro atoms. The Morgan fingerprint density at radius 1 is 1.42 bits per heavy atom. The predicted octanol–water partition coefficient (Wildman–Crippen LogP) is 0.787. The maximum absolute atomic E-state index is 11.9. The zero-order valence-electron chi connectivity index (χ0n) is 11.2. The third-order valence-electron chi connectivity index (χ3n) is 2.87. The zero-order chi connectivity index (χ0) is 14.1. The van der Waals surface area contributed by atoms with Crippen molar-refractivity contribution in [2.45, 2.75) is 24.9 Å². The van der Waals surface area contributed by atoms with E-state index in [4.69, 9.17) is 5.73 Å². The van der Waals surface area contributed by atoms with Crippen LogP contribution in [0.2, 0.25) is 0 Å². The topological polar surface area (TPSA) is 75.3 Å². The third kappa shape index (κ3) is 6.09. The number of carbonyl (C=O) groups is 1. The first kappa shape index (κ1) is 16.0. The summed E-state index contributed by atoms with van der Waals surface area (Å²) in [4.78, 5) is 11.9. The van der Waals surface area contributed by atoms with E-state index in [0.29, 0.717) is 6.42 Å². The number of aliphatic hydroxyl groups excluding tert-OH is 1. The van der Waals surface area contributed by atoms with Crippen molar-refractivity contribution in [1.82, 2.24) is 5.32 Å². The second kappa shape index (κ2) is 8.96. The Hall–Kier alpha value is -1.04. The van der Waals surface area contributed by atoms with E-state index in [1.54, 1.807) is 11.8 Å². The van der Waals surface area contributed by atoms with Crippen LogP contribution in [0, 0.1) is 0 Å². The highest BCUT2D eigenvalue weighted by molar-refractivity contribution is 7.98. The molecule has 19 heavy (non-hydrogen) atoms. The largest absolute Gasteiger partial charge is 0.394 e. The number of thioether (sulfide) groups is 1. The monoisotopic (exact) mass is 282 g/mol. The molecule has 2 atom stereocenters. The molecule has 1 rings (SSSR count). The Balaban J connectivity index is 2.43. The molecule has 0 aliphatic rings. The first-order valence-electron chi connectivity index (χ1n) is 6.37. The van der Waals surface area contributed by atoms with Gasteiger partial charge in [-0.1, -0.05) is 30.3 Å².